The van der Waals surface area contributed by atoms with Gasteiger partial charge in [-0.25, -0.2) is 5.06 Å². The molecule has 5 nitrogen and oxygen atoms in total. The van der Waals surface area contributed by atoms with Crippen LogP contribution in [0.2, 0.25) is 0 Å². The summed E-state index contributed by atoms with van der Waals surface area (Å²) >= 11 is 0. The molecular weight excluding hydrogens is 182 g/mol. The van der Waals surface area contributed by atoms with E-state index in [0.717, 1.165) is 25.9 Å². The summed E-state index contributed by atoms with van der Waals surface area (Å²) in [7, 11) is 0. The molecule has 0 radical (unpaired) electrons. The maximum Gasteiger partial charge on any atom is 0.249 e. The van der Waals surface area contributed by atoms with Crippen molar-refractivity contribution >= 4 is 5.91 Å². The Bertz CT molecular complexity index is 226. The minimum atomic E-state index is -0.225. The van der Waals surface area contributed by atoms with Crippen LogP contribution in [0.4, 0.5) is 0 Å². The number of carbonyl (C=O) groups is 1. The van der Waals surface area contributed by atoms with Gasteiger partial charge in [-0.2, -0.15) is 0 Å². The molecule has 5 heteroatoms. The molecule has 80 valence electrons. The molecule has 0 unspecified atom stereocenters. The van der Waals surface area contributed by atoms with Gasteiger partial charge in [-0.05, 0) is 25.9 Å². The molecule has 2 heterocycles. The van der Waals surface area contributed by atoms with Gasteiger partial charge in [0.15, 0.2) is 0 Å². The minimum Gasteiger partial charge on any atom is -0.329 e. The van der Waals surface area contributed by atoms with Crippen LogP contribution in [0.5, 0.6) is 0 Å². The highest BCUT2D eigenvalue weighted by Gasteiger charge is 2.45. The minimum absolute atomic E-state index is 0.0809. The van der Waals surface area contributed by atoms with Gasteiger partial charge in [0.1, 0.15) is 5.60 Å². The lowest BCUT2D eigenvalue weighted by Gasteiger charge is -2.32. The molecule has 2 aliphatic heterocycles. The average Bonchev–Trinajstić information content (AvgIpc) is 2.45. The zero-order valence-corrected chi connectivity index (χ0v) is 8.29. The molecule has 0 aromatic carbocycles. The Morgan fingerprint density at radius 1 is 1.50 bits per heavy atom. The zero-order valence-electron chi connectivity index (χ0n) is 8.29. The number of hydrogen-bond acceptors (Lipinski definition) is 4. The van der Waals surface area contributed by atoms with Gasteiger partial charge in [0.25, 0.3) is 0 Å². The van der Waals surface area contributed by atoms with Gasteiger partial charge in [-0.3, -0.25) is 9.63 Å². The summed E-state index contributed by atoms with van der Waals surface area (Å²) < 4.78 is 0. The Labute approximate surface area is 83.5 Å². The van der Waals surface area contributed by atoms with E-state index in [1.807, 2.05) is 0 Å². The number of amides is 1. The second-order valence-corrected chi connectivity index (χ2v) is 3.99. The second kappa shape index (κ2) is 3.84. The summed E-state index contributed by atoms with van der Waals surface area (Å²) in [5.41, 5.74) is 5.18. The molecule has 0 aromatic rings. The molecule has 1 amide bonds. The van der Waals surface area contributed by atoms with Crippen LogP contribution in [0, 0.1) is 0 Å². The monoisotopic (exact) mass is 199 g/mol. The van der Waals surface area contributed by atoms with Crippen LogP contribution in [0.15, 0.2) is 0 Å². The SMILES string of the molecule is NCCN1OC2(CCNCC2)CC1=O. The maximum atomic E-state index is 11.6. The van der Waals surface area contributed by atoms with Gasteiger partial charge >= 0.3 is 0 Å². The third-order valence-corrected chi connectivity index (χ3v) is 2.90. The predicted molar refractivity (Wildman–Crippen MR) is 51.3 cm³/mol. The summed E-state index contributed by atoms with van der Waals surface area (Å²) in [5.74, 6) is 0.0809. The largest absolute Gasteiger partial charge is 0.329 e. The summed E-state index contributed by atoms with van der Waals surface area (Å²) in [6, 6.07) is 0. The Morgan fingerprint density at radius 2 is 2.21 bits per heavy atom. The molecule has 3 N–H and O–H groups in total. The quantitative estimate of drug-likeness (QED) is 0.613. The Morgan fingerprint density at radius 3 is 2.86 bits per heavy atom. The van der Waals surface area contributed by atoms with E-state index in [1.54, 1.807) is 0 Å². The third-order valence-electron chi connectivity index (χ3n) is 2.90. The van der Waals surface area contributed by atoms with E-state index in [4.69, 9.17) is 10.6 Å². The molecule has 1 spiro atoms. The molecular formula is C9H17N3O2. The highest BCUT2D eigenvalue weighted by atomic mass is 16.7. The number of nitrogens with zero attached hydrogens (tertiary/aromatic N) is 1. The standard InChI is InChI=1S/C9H17N3O2/c10-3-6-12-8(13)7-9(14-12)1-4-11-5-2-9/h11H,1-7,10H2. The summed E-state index contributed by atoms with van der Waals surface area (Å²) in [4.78, 5) is 17.3. The topological polar surface area (TPSA) is 67.6 Å². The fraction of sp³-hybridized carbons (Fsp3) is 0.889. The molecule has 2 saturated heterocycles. The van der Waals surface area contributed by atoms with Gasteiger partial charge in [0, 0.05) is 6.54 Å². The van der Waals surface area contributed by atoms with E-state index in [2.05, 4.69) is 5.32 Å². The van der Waals surface area contributed by atoms with Crippen LogP contribution < -0.4 is 11.1 Å². The number of rotatable bonds is 2. The molecule has 14 heavy (non-hydrogen) atoms. The highest BCUT2D eigenvalue weighted by Crippen LogP contribution is 2.34. The van der Waals surface area contributed by atoms with Crippen molar-refractivity contribution < 1.29 is 9.63 Å². The molecule has 0 aliphatic carbocycles. The molecule has 2 rings (SSSR count). The average molecular weight is 199 g/mol. The number of hydrogen-bond donors (Lipinski definition) is 2. The van der Waals surface area contributed by atoms with E-state index in [1.165, 1.54) is 5.06 Å². The predicted octanol–water partition coefficient (Wildman–Crippen LogP) is -0.769. The number of nitrogens with one attached hydrogen (secondary N) is 1. The number of nitrogens with two attached hydrogens (primary N) is 1. The van der Waals surface area contributed by atoms with Crippen LogP contribution in [0.3, 0.4) is 0 Å². The van der Waals surface area contributed by atoms with Crippen molar-refractivity contribution in [1.29, 1.82) is 0 Å². The zero-order chi connectivity index (χ0) is 10.0. The van der Waals surface area contributed by atoms with Crippen molar-refractivity contribution in [2.24, 2.45) is 5.73 Å². The van der Waals surface area contributed by atoms with Gasteiger partial charge in [-0.1, -0.05) is 0 Å². The first-order chi connectivity index (χ1) is 6.76. The molecule has 0 atom stereocenters. The maximum absolute atomic E-state index is 11.6. The number of carbonyl (C=O) groups excluding carboxylic acids is 1. The van der Waals surface area contributed by atoms with Crippen LogP contribution in [0.25, 0.3) is 0 Å². The van der Waals surface area contributed by atoms with Gasteiger partial charge < -0.3 is 11.1 Å². The molecule has 2 aliphatic rings. The second-order valence-electron chi connectivity index (χ2n) is 3.99. The number of piperidine rings is 1. The van der Waals surface area contributed by atoms with Crippen molar-refractivity contribution in [2.75, 3.05) is 26.2 Å². The van der Waals surface area contributed by atoms with Gasteiger partial charge in [0.05, 0.1) is 13.0 Å². The van der Waals surface area contributed by atoms with Crippen LogP contribution in [0.1, 0.15) is 19.3 Å². The van der Waals surface area contributed by atoms with E-state index >= 15 is 0 Å². The van der Waals surface area contributed by atoms with Crippen molar-refractivity contribution in [3.63, 3.8) is 0 Å². The van der Waals surface area contributed by atoms with E-state index in [9.17, 15) is 4.79 Å². The molecule has 0 bridgehead atoms. The lowest BCUT2D eigenvalue weighted by atomic mass is 9.90. The third kappa shape index (κ3) is 1.75. The van der Waals surface area contributed by atoms with E-state index < -0.39 is 0 Å². The van der Waals surface area contributed by atoms with E-state index in [0.29, 0.717) is 19.5 Å². The number of hydroxylamine groups is 2. The first kappa shape index (κ1) is 9.89. The smallest absolute Gasteiger partial charge is 0.249 e. The van der Waals surface area contributed by atoms with Crippen molar-refractivity contribution in [1.82, 2.24) is 10.4 Å². The van der Waals surface area contributed by atoms with Gasteiger partial charge in [-0.15, -0.1) is 0 Å². The fourth-order valence-electron chi connectivity index (χ4n) is 2.12. The Kier molecular flexibility index (Phi) is 2.71. The summed E-state index contributed by atoms with van der Waals surface area (Å²) in [6.07, 6.45) is 2.36. The van der Waals surface area contributed by atoms with E-state index in [-0.39, 0.29) is 11.5 Å². The Hall–Kier alpha value is -0.650. The first-order valence-electron chi connectivity index (χ1n) is 5.16. The van der Waals surface area contributed by atoms with Crippen LogP contribution >= 0.6 is 0 Å². The van der Waals surface area contributed by atoms with Crippen molar-refractivity contribution in [3.8, 4) is 0 Å². The lowest BCUT2D eigenvalue weighted by molar-refractivity contribution is -0.204. The van der Waals surface area contributed by atoms with Crippen molar-refractivity contribution in [3.05, 3.63) is 0 Å². The normalized spacial score (nSPS) is 26.1. The lowest BCUT2D eigenvalue weighted by Crippen LogP contribution is -2.42. The van der Waals surface area contributed by atoms with Crippen LogP contribution in [-0.4, -0.2) is 42.8 Å². The first-order valence-corrected chi connectivity index (χ1v) is 5.16. The van der Waals surface area contributed by atoms with Crippen molar-refractivity contribution in [2.45, 2.75) is 24.9 Å². The molecule has 0 saturated carbocycles. The summed E-state index contributed by atoms with van der Waals surface area (Å²) in [6.45, 7) is 2.83. The van der Waals surface area contributed by atoms with Gasteiger partial charge in [0.2, 0.25) is 5.91 Å². The molecule has 2 fully saturated rings. The Balaban J connectivity index is 1.99. The fourth-order valence-corrected chi connectivity index (χ4v) is 2.12. The van der Waals surface area contributed by atoms with Crippen LogP contribution in [-0.2, 0) is 9.63 Å². The highest BCUT2D eigenvalue weighted by molar-refractivity contribution is 5.78. The molecule has 0 aromatic heterocycles. The summed E-state index contributed by atoms with van der Waals surface area (Å²) in [5, 5.41) is 4.70.